The third-order valence-electron chi connectivity index (χ3n) is 2.37. The van der Waals surface area contributed by atoms with Gasteiger partial charge >= 0.3 is 0 Å². The number of aromatic amines is 1. The van der Waals surface area contributed by atoms with E-state index in [-0.39, 0.29) is 6.10 Å². The molecule has 3 heteroatoms. The molecule has 0 aliphatic rings. The highest BCUT2D eigenvalue weighted by molar-refractivity contribution is 5.16. The summed E-state index contributed by atoms with van der Waals surface area (Å²) in [4.78, 5) is 7.28. The van der Waals surface area contributed by atoms with Crippen LogP contribution in [0.25, 0.3) is 0 Å². The Hall–Kier alpha value is -1.61. The van der Waals surface area contributed by atoms with Gasteiger partial charge < -0.3 is 9.72 Å². The molecule has 15 heavy (non-hydrogen) atoms. The van der Waals surface area contributed by atoms with E-state index in [9.17, 15) is 0 Å². The summed E-state index contributed by atoms with van der Waals surface area (Å²) in [6.45, 7) is 0. The Morgan fingerprint density at radius 2 is 2.13 bits per heavy atom. The van der Waals surface area contributed by atoms with Crippen LogP contribution in [0.3, 0.4) is 0 Å². The average Bonchev–Trinajstić information content (AvgIpc) is 2.81. The van der Waals surface area contributed by atoms with Gasteiger partial charge in [0.05, 0.1) is 0 Å². The molecule has 1 aromatic heterocycles. The van der Waals surface area contributed by atoms with Gasteiger partial charge in [-0.3, -0.25) is 0 Å². The van der Waals surface area contributed by atoms with Gasteiger partial charge in [-0.15, -0.1) is 0 Å². The van der Waals surface area contributed by atoms with Crippen LogP contribution in [0.15, 0.2) is 42.7 Å². The van der Waals surface area contributed by atoms with E-state index >= 15 is 0 Å². The van der Waals surface area contributed by atoms with Crippen LogP contribution in [-0.2, 0) is 11.2 Å². The topological polar surface area (TPSA) is 37.9 Å². The van der Waals surface area contributed by atoms with Gasteiger partial charge in [-0.25, -0.2) is 4.98 Å². The zero-order valence-corrected chi connectivity index (χ0v) is 8.68. The first-order valence-electron chi connectivity index (χ1n) is 4.96. The Labute approximate surface area is 89.1 Å². The molecule has 2 aromatic rings. The van der Waals surface area contributed by atoms with Crippen LogP contribution >= 0.6 is 0 Å². The highest BCUT2D eigenvalue weighted by Gasteiger charge is 2.12. The van der Waals surface area contributed by atoms with Crippen LogP contribution in [0.5, 0.6) is 0 Å². The van der Waals surface area contributed by atoms with E-state index < -0.39 is 0 Å². The van der Waals surface area contributed by atoms with Gasteiger partial charge in [0.25, 0.3) is 0 Å². The fourth-order valence-corrected chi connectivity index (χ4v) is 1.57. The zero-order chi connectivity index (χ0) is 10.5. The lowest BCUT2D eigenvalue weighted by Crippen LogP contribution is -2.07. The maximum Gasteiger partial charge on any atom is 0.135 e. The molecule has 2 rings (SSSR count). The van der Waals surface area contributed by atoms with Crippen molar-refractivity contribution in [2.24, 2.45) is 0 Å². The number of hydrogen-bond acceptors (Lipinski definition) is 2. The third-order valence-corrected chi connectivity index (χ3v) is 2.37. The second-order valence-corrected chi connectivity index (χ2v) is 3.39. The van der Waals surface area contributed by atoms with Crippen LogP contribution in [0.1, 0.15) is 17.5 Å². The third kappa shape index (κ3) is 2.44. The molecule has 0 saturated carbocycles. The molecule has 0 amide bonds. The molecule has 1 aromatic carbocycles. The van der Waals surface area contributed by atoms with Gasteiger partial charge in [0.2, 0.25) is 0 Å². The molecular weight excluding hydrogens is 188 g/mol. The second-order valence-electron chi connectivity index (χ2n) is 3.39. The van der Waals surface area contributed by atoms with E-state index in [0.29, 0.717) is 0 Å². The lowest BCUT2D eigenvalue weighted by Gasteiger charge is -2.12. The highest BCUT2D eigenvalue weighted by Crippen LogP contribution is 2.17. The zero-order valence-electron chi connectivity index (χ0n) is 8.68. The molecule has 1 heterocycles. The standard InChI is InChI=1S/C12H14N2O/c1-15-11(12-13-7-8-14-12)9-10-5-3-2-4-6-10/h2-8,11H,9H2,1H3,(H,13,14). The minimum Gasteiger partial charge on any atom is -0.373 e. The number of aromatic nitrogens is 2. The molecular formula is C12H14N2O. The first-order valence-corrected chi connectivity index (χ1v) is 4.96. The Balaban J connectivity index is 2.10. The van der Waals surface area contributed by atoms with Gasteiger partial charge in [0.1, 0.15) is 11.9 Å². The molecule has 1 atom stereocenters. The fraction of sp³-hybridized carbons (Fsp3) is 0.250. The molecule has 0 saturated heterocycles. The predicted molar refractivity (Wildman–Crippen MR) is 58.5 cm³/mol. The molecule has 1 N–H and O–H groups in total. The summed E-state index contributed by atoms with van der Waals surface area (Å²) in [6, 6.07) is 10.3. The smallest absolute Gasteiger partial charge is 0.135 e. The summed E-state index contributed by atoms with van der Waals surface area (Å²) in [5, 5.41) is 0. The molecule has 0 spiro atoms. The molecule has 0 aliphatic heterocycles. The Morgan fingerprint density at radius 3 is 2.73 bits per heavy atom. The highest BCUT2D eigenvalue weighted by atomic mass is 16.5. The van der Waals surface area contributed by atoms with Crippen LogP contribution < -0.4 is 0 Å². The Bertz CT molecular complexity index is 383. The predicted octanol–water partition coefficient (Wildman–Crippen LogP) is 2.34. The van der Waals surface area contributed by atoms with Crippen molar-refractivity contribution < 1.29 is 4.74 Å². The van der Waals surface area contributed by atoms with Crippen LogP contribution in [0.2, 0.25) is 0 Å². The van der Waals surface area contributed by atoms with Gasteiger partial charge in [0.15, 0.2) is 0 Å². The van der Waals surface area contributed by atoms with Gasteiger partial charge in [-0.1, -0.05) is 30.3 Å². The van der Waals surface area contributed by atoms with Crippen molar-refractivity contribution >= 4 is 0 Å². The van der Waals surface area contributed by atoms with Crippen molar-refractivity contribution in [3.8, 4) is 0 Å². The molecule has 0 fully saturated rings. The van der Waals surface area contributed by atoms with E-state index in [2.05, 4.69) is 22.1 Å². The van der Waals surface area contributed by atoms with E-state index in [0.717, 1.165) is 12.2 Å². The summed E-state index contributed by atoms with van der Waals surface area (Å²) in [5.41, 5.74) is 1.25. The van der Waals surface area contributed by atoms with E-state index in [1.54, 1.807) is 13.3 Å². The number of methoxy groups -OCH3 is 1. The van der Waals surface area contributed by atoms with E-state index in [1.165, 1.54) is 5.56 Å². The Kier molecular flexibility index (Phi) is 3.15. The van der Waals surface area contributed by atoms with Crippen LogP contribution in [-0.4, -0.2) is 17.1 Å². The fourth-order valence-electron chi connectivity index (χ4n) is 1.57. The minimum atomic E-state index is 0.00222. The first kappa shape index (κ1) is 9.93. The van der Waals surface area contributed by atoms with Crippen LogP contribution in [0.4, 0.5) is 0 Å². The van der Waals surface area contributed by atoms with Crippen molar-refractivity contribution in [1.82, 2.24) is 9.97 Å². The average molecular weight is 202 g/mol. The van der Waals surface area contributed by atoms with E-state index in [4.69, 9.17) is 4.74 Å². The van der Waals surface area contributed by atoms with Crippen molar-refractivity contribution in [2.45, 2.75) is 12.5 Å². The summed E-state index contributed by atoms with van der Waals surface area (Å²) in [5.74, 6) is 0.876. The summed E-state index contributed by atoms with van der Waals surface area (Å²) in [7, 11) is 1.70. The Morgan fingerprint density at radius 1 is 1.33 bits per heavy atom. The summed E-state index contributed by atoms with van der Waals surface area (Å²) in [6.07, 6.45) is 4.39. The van der Waals surface area contributed by atoms with Crippen molar-refractivity contribution in [3.05, 3.63) is 54.1 Å². The largest absolute Gasteiger partial charge is 0.373 e. The lowest BCUT2D eigenvalue weighted by atomic mass is 10.1. The number of benzene rings is 1. The summed E-state index contributed by atoms with van der Waals surface area (Å²) < 4.78 is 5.40. The number of ether oxygens (including phenoxy) is 1. The molecule has 0 bridgehead atoms. The summed E-state index contributed by atoms with van der Waals surface area (Å²) >= 11 is 0. The van der Waals surface area contributed by atoms with Crippen LogP contribution in [0, 0.1) is 0 Å². The first-order chi connectivity index (χ1) is 7.40. The maximum atomic E-state index is 5.40. The maximum absolute atomic E-state index is 5.40. The van der Waals surface area contributed by atoms with E-state index in [1.807, 2.05) is 24.4 Å². The molecule has 0 radical (unpaired) electrons. The molecule has 1 unspecified atom stereocenters. The van der Waals surface area contributed by atoms with Gasteiger partial charge in [-0.05, 0) is 5.56 Å². The normalized spacial score (nSPS) is 12.6. The number of imidazole rings is 1. The minimum absolute atomic E-state index is 0.00222. The molecule has 78 valence electrons. The lowest BCUT2D eigenvalue weighted by molar-refractivity contribution is 0.0968. The van der Waals surface area contributed by atoms with Crippen molar-refractivity contribution in [1.29, 1.82) is 0 Å². The van der Waals surface area contributed by atoms with Gasteiger partial charge in [0, 0.05) is 25.9 Å². The number of H-pyrrole nitrogens is 1. The number of hydrogen-bond donors (Lipinski definition) is 1. The van der Waals surface area contributed by atoms with Crippen molar-refractivity contribution in [2.75, 3.05) is 7.11 Å². The molecule has 3 nitrogen and oxygen atoms in total. The number of rotatable bonds is 4. The van der Waals surface area contributed by atoms with Gasteiger partial charge in [-0.2, -0.15) is 0 Å². The number of nitrogens with zero attached hydrogens (tertiary/aromatic N) is 1. The SMILES string of the molecule is COC(Cc1ccccc1)c1ncc[nH]1. The number of nitrogens with one attached hydrogen (secondary N) is 1. The second kappa shape index (κ2) is 4.75. The molecule has 0 aliphatic carbocycles. The quantitative estimate of drug-likeness (QED) is 0.826. The monoisotopic (exact) mass is 202 g/mol. The van der Waals surface area contributed by atoms with Crippen molar-refractivity contribution in [3.63, 3.8) is 0 Å².